The number of halogens is 1. The summed E-state index contributed by atoms with van der Waals surface area (Å²) in [5, 5.41) is 0.487. The fourth-order valence-electron chi connectivity index (χ4n) is 3.38. The van der Waals surface area contributed by atoms with Crippen molar-refractivity contribution in [3.05, 3.63) is 117 Å². The van der Waals surface area contributed by atoms with E-state index in [0.29, 0.717) is 28.6 Å². The Bertz CT molecular complexity index is 1250. The molecule has 0 radical (unpaired) electrons. The van der Waals surface area contributed by atoms with Crippen LogP contribution in [0.15, 0.2) is 88.3 Å². The molecule has 3 aromatic carbocycles. The summed E-state index contributed by atoms with van der Waals surface area (Å²) in [5.41, 5.74) is 2.97. The average Bonchev–Trinajstić information content (AvgIpc) is 2.76. The highest BCUT2D eigenvalue weighted by molar-refractivity contribution is 5.94. The number of rotatable bonds is 5. The van der Waals surface area contributed by atoms with E-state index in [4.69, 9.17) is 4.42 Å². The van der Waals surface area contributed by atoms with Gasteiger partial charge in [0, 0.05) is 12.1 Å². The molecule has 0 atom stereocenters. The average molecular weight is 401 g/mol. The number of carbonyl (C=O) groups excluding carboxylic acids is 1. The van der Waals surface area contributed by atoms with E-state index in [-0.39, 0.29) is 17.9 Å². The molecular formula is C25H20FNO3. The van der Waals surface area contributed by atoms with Crippen molar-refractivity contribution in [1.82, 2.24) is 4.90 Å². The smallest absolute Gasteiger partial charge is 0.254 e. The lowest BCUT2D eigenvalue weighted by Gasteiger charge is -2.23. The molecule has 150 valence electrons. The third kappa shape index (κ3) is 4.15. The molecule has 1 aromatic heterocycles. The Morgan fingerprint density at radius 2 is 1.70 bits per heavy atom. The third-order valence-corrected chi connectivity index (χ3v) is 4.96. The first-order chi connectivity index (χ1) is 14.5. The normalized spacial score (nSPS) is 10.9. The van der Waals surface area contributed by atoms with Crippen molar-refractivity contribution in [1.29, 1.82) is 0 Å². The van der Waals surface area contributed by atoms with Crippen LogP contribution in [0.3, 0.4) is 0 Å². The van der Waals surface area contributed by atoms with Gasteiger partial charge in [0.25, 0.3) is 5.91 Å². The maximum Gasteiger partial charge on any atom is 0.254 e. The quantitative estimate of drug-likeness (QED) is 0.468. The molecule has 0 fully saturated rings. The summed E-state index contributed by atoms with van der Waals surface area (Å²) >= 11 is 0. The number of nitrogens with zero attached hydrogens (tertiary/aromatic N) is 1. The van der Waals surface area contributed by atoms with Gasteiger partial charge in [-0.1, -0.05) is 42.0 Å². The van der Waals surface area contributed by atoms with Gasteiger partial charge in [0.1, 0.15) is 11.4 Å². The molecule has 0 bridgehead atoms. The molecule has 0 unspecified atom stereocenters. The van der Waals surface area contributed by atoms with Crippen LogP contribution >= 0.6 is 0 Å². The van der Waals surface area contributed by atoms with Gasteiger partial charge in [-0.05, 0) is 48.9 Å². The van der Waals surface area contributed by atoms with Crippen LogP contribution in [0.4, 0.5) is 4.39 Å². The summed E-state index contributed by atoms with van der Waals surface area (Å²) in [6.07, 6.45) is 1.41. The first-order valence-electron chi connectivity index (χ1n) is 9.61. The zero-order valence-corrected chi connectivity index (χ0v) is 16.5. The second-order valence-corrected chi connectivity index (χ2v) is 7.24. The lowest BCUT2D eigenvalue weighted by atomic mass is 10.1. The second kappa shape index (κ2) is 8.33. The second-order valence-electron chi connectivity index (χ2n) is 7.24. The number of benzene rings is 3. The largest absolute Gasteiger partial charge is 0.464 e. The highest BCUT2D eigenvalue weighted by Gasteiger charge is 2.19. The van der Waals surface area contributed by atoms with E-state index < -0.39 is 5.82 Å². The van der Waals surface area contributed by atoms with Crippen molar-refractivity contribution in [2.75, 3.05) is 0 Å². The van der Waals surface area contributed by atoms with Gasteiger partial charge in [-0.15, -0.1) is 0 Å². The van der Waals surface area contributed by atoms with E-state index in [1.165, 1.54) is 30.5 Å². The Balaban J connectivity index is 1.71. The maximum atomic E-state index is 13.3. The molecule has 1 heterocycles. The van der Waals surface area contributed by atoms with Gasteiger partial charge in [-0.2, -0.15) is 0 Å². The predicted octanol–water partition coefficient (Wildman–Crippen LogP) is 5.08. The van der Waals surface area contributed by atoms with E-state index in [2.05, 4.69) is 0 Å². The van der Waals surface area contributed by atoms with Gasteiger partial charge in [0.05, 0.1) is 23.8 Å². The molecule has 1 amide bonds. The molecule has 0 aliphatic rings. The number of hydrogen-bond donors (Lipinski definition) is 0. The van der Waals surface area contributed by atoms with Gasteiger partial charge in [-0.25, -0.2) is 4.39 Å². The van der Waals surface area contributed by atoms with E-state index in [1.54, 1.807) is 17.0 Å². The van der Waals surface area contributed by atoms with E-state index >= 15 is 0 Å². The fraction of sp³-hybridized carbons (Fsp3) is 0.120. The minimum Gasteiger partial charge on any atom is -0.464 e. The van der Waals surface area contributed by atoms with Crippen LogP contribution in [-0.2, 0) is 13.1 Å². The van der Waals surface area contributed by atoms with Crippen molar-refractivity contribution < 1.29 is 13.6 Å². The van der Waals surface area contributed by atoms with Crippen molar-refractivity contribution >= 4 is 16.9 Å². The summed E-state index contributed by atoms with van der Waals surface area (Å²) < 4.78 is 18.9. The molecule has 5 heteroatoms. The molecule has 4 aromatic rings. The lowest BCUT2D eigenvalue weighted by Crippen LogP contribution is -2.32. The van der Waals surface area contributed by atoms with Crippen molar-refractivity contribution in [3.8, 4) is 0 Å². The standard InChI is InChI=1S/C25H20FNO3/c1-17-7-12-23-22(13-17)24(28)20(16-30-23)15-27(14-18-5-3-2-4-6-18)25(29)19-8-10-21(26)11-9-19/h2-13,16H,14-15H2,1H3. The van der Waals surface area contributed by atoms with E-state index in [0.717, 1.165) is 11.1 Å². The van der Waals surface area contributed by atoms with Crippen LogP contribution in [0.1, 0.15) is 27.0 Å². The van der Waals surface area contributed by atoms with Gasteiger partial charge in [0.15, 0.2) is 5.43 Å². The van der Waals surface area contributed by atoms with E-state index in [9.17, 15) is 14.0 Å². The molecule has 30 heavy (non-hydrogen) atoms. The predicted molar refractivity (Wildman–Crippen MR) is 114 cm³/mol. The minimum atomic E-state index is -0.410. The molecular weight excluding hydrogens is 381 g/mol. The summed E-state index contributed by atoms with van der Waals surface area (Å²) in [7, 11) is 0. The van der Waals surface area contributed by atoms with Crippen molar-refractivity contribution in [2.24, 2.45) is 0 Å². The molecule has 0 saturated carbocycles. The Morgan fingerprint density at radius 1 is 0.967 bits per heavy atom. The number of aryl methyl sites for hydroxylation is 1. The summed E-state index contributed by atoms with van der Waals surface area (Å²) in [6.45, 7) is 2.30. The number of carbonyl (C=O) groups is 1. The highest BCUT2D eigenvalue weighted by atomic mass is 19.1. The first kappa shape index (κ1) is 19.6. The minimum absolute atomic E-state index is 0.0807. The Labute approximate surface area is 173 Å². The summed E-state index contributed by atoms with van der Waals surface area (Å²) in [5.74, 6) is -0.700. The monoisotopic (exact) mass is 401 g/mol. The van der Waals surface area contributed by atoms with Crippen molar-refractivity contribution in [3.63, 3.8) is 0 Å². The molecule has 0 spiro atoms. The topological polar surface area (TPSA) is 50.5 Å². The molecule has 0 N–H and O–H groups in total. The summed E-state index contributed by atoms with van der Waals surface area (Å²) in [4.78, 5) is 27.8. The summed E-state index contributed by atoms with van der Waals surface area (Å²) in [6, 6.07) is 20.3. The van der Waals surface area contributed by atoms with Gasteiger partial charge < -0.3 is 9.32 Å². The van der Waals surface area contributed by atoms with Crippen LogP contribution in [0, 0.1) is 12.7 Å². The number of fused-ring (bicyclic) bond motifs is 1. The van der Waals surface area contributed by atoms with E-state index in [1.807, 2.05) is 43.3 Å². The number of amides is 1. The molecule has 0 saturated heterocycles. The lowest BCUT2D eigenvalue weighted by molar-refractivity contribution is 0.0729. The zero-order chi connectivity index (χ0) is 21.1. The first-order valence-corrected chi connectivity index (χ1v) is 9.61. The van der Waals surface area contributed by atoms with Crippen LogP contribution in [0.5, 0.6) is 0 Å². The SMILES string of the molecule is Cc1ccc2occ(CN(Cc3ccccc3)C(=O)c3ccc(F)cc3)c(=O)c2c1. The van der Waals surface area contributed by atoms with Crippen LogP contribution < -0.4 is 5.43 Å². The maximum absolute atomic E-state index is 13.3. The number of hydrogen-bond acceptors (Lipinski definition) is 3. The molecule has 4 nitrogen and oxygen atoms in total. The Hall–Kier alpha value is -3.73. The van der Waals surface area contributed by atoms with Crippen LogP contribution in [0.2, 0.25) is 0 Å². The van der Waals surface area contributed by atoms with Crippen molar-refractivity contribution in [2.45, 2.75) is 20.0 Å². The van der Waals surface area contributed by atoms with Gasteiger partial charge in [-0.3, -0.25) is 9.59 Å². The van der Waals surface area contributed by atoms with Crippen LogP contribution in [-0.4, -0.2) is 10.8 Å². The molecule has 0 aliphatic heterocycles. The zero-order valence-electron chi connectivity index (χ0n) is 16.5. The highest BCUT2D eigenvalue weighted by Crippen LogP contribution is 2.17. The van der Waals surface area contributed by atoms with Gasteiger partial charge in [0.2, 0.25) is 0 Å². The third-order valence-electron chi connectivity index (χ3n) is 4.96. The van der Waals surface area contributed by atoms with Gasteiger partial charge >= 0.3 is 0 Å². The molecule has 0 aliphatic carbocycles. The molecule has 4 rings (SSSR count). The fourth-order valence-corrected chi connectivity index (χ4v) is 3.38. The Morgan fingerprint density at radius 3 is 2.43 bits per heavy atom. The van der Waals surface area contributed by atoms with Crippen LogP contribution in [0.25, 0.3) is 11.0 Å². The Kier molecular flexibility index (Phi) is 5.44.